The molecule has 0 bridgehead atoms. The number of rotatable bonds is 3. The van der Waals surface area contributed by atoms with Gasteiger partial charge >= 0.3 is 0 Å². The van der Waals surface area contributed by atoms with Crippen molar-refractivity contribution in [3.63, 3.8) is 0 Å². The van der Waals surface area contributed by atoms with Crippen LogP contribution in [0.15, 0.2) is 12.4 Å². The fourth-order valence-electron chi connectivity index (χ4n) is 2.31. The zero-order valence-electron chi connectivity index (χ0n) is 9.32. The Hall–Kier alpha value is -0.870. The minimum absolute atomic E-state index is 0.407. The number of nitrogens with two attached hydrogens (primary N) is 1. The molecule has 4 nitrogen and oxygen atoms in total. The maximum absolute atomic E-state index is 5.80. The van der Waals surface area contributed by atoms with Crippen molar-refractivity contribution in [1.29, 1.82) is 0 Å². The van der Waals surface area contributed by atoms with Crippen LogP contribution in [0.25, 0.3) is 0 Å². The smallest absolute Gasteiger partial charge is 0.0537 e. The minimum Gasteiger partial charge on any atom is -0.330 e. The molecule has 1 aromatic heterocycles. The molecule has 0 spiro atoms. The molecule has 2 atom stereocenters. The zero-order valence-corrected chi connectivity index (χ0v) is 9.32. The van der Waals surface area contributed by atoms with Crippen LogP contribution in [0.5, 0.6) is 0 Å². The number of nitrogens with zero attached hydrogens (tertiary/aromatic N) is 2. The number of aromatic nitrogens is 2. The lowest BCUT2D eigenvalue weighted by Gasteiger charge is -2.31. The molecule has 1 aliphatic rings. The predicted octanol–water partition coefficient (Wildman–Crippen LogP) is 0.902. The summed E-state index contributed by atoms with van der Waals surface area (Å²) in [5, 5.41) is 7.85. The molecule has 3 N–H and O–H groups in total. The predicted molar refractivity (Wildman–Crippen MR) is 60.4 cm³/mol. The average Bonchev–Trinajstić information content (AvgIpc) is 2.77. The van der Waals surface area contributed by atoms with E-state index >= 15 is 0 Å². The van der Waals surface area contributed by atoms with Crippen LogP contribution in [0.1, 0.15) is 31.4 Å². The van der Waals surface area contributed by atoms with E-state index in [1.165, 1.54) is 18.4 Å². The summed E-state index contributed by atoms with van der Waals surface area (Å²) in [4.78, 5) is 0. The highest BCUT2D eigenvalue weighted by Crippen LogP contribution is 2.27. The van der Waals surface area contributed by atoms with Gasteiger partial charge in [-0.05, 0) is 38.8 Å². The Kier molecular flexibility index (Phi) is 3.38. The number of nitrogens with one attached hydrogen (secondary N) is 1. The van der Waals surface area contributed by atoms with Gasteiger partial charge in [0.1, 0.15) is 0 Å². The third-order valence-corrected chi connectivity index (χ3v) is 3.23. The van der Waals surface area contributed by atoms with E-state index < -0.39 is 0 Å². The topological polar surface area (TPSA) is 55.9 Å². The minimum atomic E-state index is 0.407. The molecule has 1 aromatic rings. The molecule has 1 saturated heterocycles. The summed E-state index contributed by atoms with van der Waals surface area (Å²) in [5.41, 5.74) is 7.09. The summed E-state index contributed by atoms with van der Waals surface area (Å²) in [6, 6.07) is 0.407. The number of hydrogen-bond acceptors (Lipinski definition) is 3. The van der Waals surface area contributed by atoms with Crippen molar-refractivity contribution in [2.24, 2.45) is 11.7 Å². The first kappa shape index (κ1) is 10.6. The fraction of sp³-hybridized carbons (Fsp3) is 0.727. The average molecular weight is 208 g/mol. The van der Waals surface area contributed by atoms with Crippen LogP contribution in [0.4, 0.5) is 0 Å². The summed E-state index contributed by atoms with van der Waals surface area (Å²) in [7, 11) is 0. The Labute approximate surface area is 90.8 Å². The van der Waals surface area contributed by atoms with Gasteiger partial charge in [-0.25, -0.2) is 0 Å². The molecule has 15 heavy (non-hydrogen) atoms. The molecule has 4 heteroatoms. The van der Waals surface area contributed by atoms with Crippen LogP contribution < -0.4 is 11.1 Å². The van der Waals surface area contributed by atoms with Crippen molar-refractivity contribution < 1.29 is 0 Å². The third-order valence-electron chi connectivity index (χ3n) is 3.23. The highest BCUT2D eigenvalue weighted by atomic mass is 15.3. The number of aryl methyl sites for hydroxylation is 1. The van der Waals surface area contributed by atoms with E-state index in [1.807, 2.05) is 10.9 Å². The van der Waals surface area contributed by atoms with Gasteiger partial charge in [-0.2, -0.15) is 5.10 Å². The molecule has 1 aliphatic heterocycles. The zero-order chi connectivity index (χ0) is 10.7. The van der Waals surface area contributed by atoms with E-state index in [9.17, 15) is 0 Å². The number of hydrogen-bond donors (Lipinski definition) is 2. The monoisotopic (exact) mass is 208 g/mol. The largest absolute Gasteiger partial charge is 0.330 e. The van der Waals surface area contributed by atoms with Gasteiger partial charge in [0.15, 0.2) is 0 Å². The van der Waals surface area contributed by atoms with Crippen molar-refractivity contribution >= 4 is 0 Å². The molecule has 2 heterocycles. The quantitative estimate of drug-likeness (QED) is 0.776. The lowest BCUT2D eigenvalue weighted by Crippen LogP contribution is -2.37. The molecule has 0 aromatic carbocycles. The second-order valence-electron chi connectivity index (χ2n) is 4.20. The maximum Gasteiger partial charge on any atom is 0.0537 e. The molecular weight excluding hydrogens is 188 g/mol. The molecule has 0 saturated carbocycles. The Morgan fingerprint density at radius 3 is 3.20 bits per heavy atom. The van der Waals surface area contributed by atoms with Gasteiger partial charge in [-0.1, -0.05) is 0 Å². The molecule has 2 rings (SSSR count). The Balaban J connectivity index is 2.12. The van der Waals surface area contributed by atoms with Crippen LogP contribution in [-0.4, -0.2) is 22.9 Å². The van der Waals surface area contributed by atoms with E-state index in [4.69, 9.17) is 5.73 Å². The van der Waals surface area contributed by atoms with Gasteiger partial charge < -0.3 is 11.1 Å². The van der Waals surface area contributed by atoms with Crippen molar-refractivity contribution in [2.75, 3.05) is 13.1 Å². The fourth-order valence-corrected chi connectivity index (χ4v) is 2.31. The van der Waals surface area contributed by atoms with Gasteiger partial charge in [0.05, 0.1) is 6.20 Å². The summed E-state index contributed by atoms with van der Waals surface area (Å²) in [6.07, 6.45) is 6.56. The van der Waals surface area contributed by atoms with Gasteiger partial charge in [-0.15, -0.1) is 0 Å². The van der Waals surface area contributed by atoms with Crippen LogP contribution in [0.3, 0.4) is 0 Å². The van der Waals surface area contributed by atoms with E-state index in [0.717, 1.165) is 19.6 Å². The third kappa shape index (κ3) is 2.21. The molecular formula is C11H20N4. The normalized spacial score (nSPS) is 26.8. The van der Waals surface area contributed by atoms with Crippen LogP contribution in [-0.2, 0) is 6.54 Å². The van der Waals surface area contributed by atoms with Crippen LogP contribution in [0.2, 0.25) is 0 Å². The molecule has 2 unspecified atom stereocenters. The second-order valence-corrected chi connectivity index (χ2v) is 4.20. The first-order chi connectivity index (χ1) is 7.35. The lowest BCUT2D eigenvalue weighted by atomic mass is 9.88. The van der Waals surface area contributed by atoms with Crippen molar-refractivity contribution in [3.8, 4) is 0 Å². The summed E-state index contributed by atoms with van der Waals surface area (Å²) >= 11 is 0. The van der Waals surface area contributed by atoms with Crippen molar-refractivity contribution in [1.82, 2.24) is 15.1 Å². The second kappa shape index (κ2) is 4.77. The summed E-state index contributed by atoms with van der Waals surface area (Å²) in [5.74, 6) is 0.563. The highest BCUT2D eigenvalue weighted by molar-refractivity contribution is 5.13. The molecule has 1 fully saturated rings. The van der Waals surface area contributed by atoms with E-state index in [2.05, 4.69) is 23.5 Å². The number of piperidine rings is 1. The Bertz CT molecular complexity index is 307. The van der Waals surface area contributed by atoms with Crippen LogP contribution >= 0.6 is 0 Å². The van der Waals surface area contributed by atoms with E-state index in [-0.39, 0.29) is 0 Å². The molecule has 0 aliphatic carbocycles. The molecule has 0 amide bonds. The standard InChI is InChI=1S/C11H20N4/c1-2-15-8-10(7-14-15)11-9(6-12)4-3-5-13-11/h7-9,11,13H,2-6,12H2,1H3. The van der Waals surface area contributed by atoms with E-state index in [1.54, 1.807) is 0 Å². The first-order valence-corrected chi connectivity index (χ1v) is 5.81. The summed E-state index contributed by atoms with van der Waals surface area (Å²) in [6.45, 7) is 4.89. The van der Waals surface area contributed by atoms with Gasteiger partial charge in [0.2, 0.25) is 0 Å². The van der Waals surface area contributed by atoms with Crippen molar-refractivity contribution in [3.05, 3.63) is 18.0 Å². The first-order valence-electron chi connectivity index (χ1n) is 5.81. The lowest BCUT2D eigenvalue weighted by molar-refractivity contribution is 0.291. The summed E-state index contributed by atoms with van der Waals surface area (Å²) < 4.78 is 1.97. The molecule has 0 radical (unpaired) electrons. The van der Waals surface area contributed by atoms with Crippen molar-refractivity contribution in [2.45, 2.75) is 32.4 Å². The van der Waals surface area contributed by atoms with Gasteiger partial charge in [0.25, 0.3) is 0 Å². The van der Waals surface area contributed by atoms with Gasteiger partial charge in [-0.3, -0.25) is 4.68 Å². The SMILES string of the molecule is CCn1cc(C2NCCCC2CN)cn1. The highest BCUT2D eigenvalue weighted by Gasteiger charge is 2.25. The Morgan fingerprint density at radius 2 is 2.53 bits per heavy atom. The Morgan fingerprint density at radius 1 is 1.67 bits per heavy atom. The van der Waals surface area contributed by atoms with Crippen LogP contribution in [0, 0.1) is 5.92 Å². The maximum atomic E-state index is 5.80. The van der Waals surface area contributed by atoms with E-state index in [0.29, 0.717) is 12.0 Å². The molecule has 84 valence electrons. The van der Waals surface area contributed by atoms with Gasteiger partial charge in [0, 0.05) is 24.3 Å².